The van der Waals surface area contributed by atoms with Crippen LogP contribution in [0, 0.1) is 6.92 Å². The molecule has 4 amide bonds. The summed E-state index contributed by atoms with van der Waals surface area (Å²) in [4.78, 5) is 42.7. The Balaban J connectivity index is 1.39. The second-order valence-electron chi connectivity index (χ2n) is 7.78. The number of morpholine rings is 1. The van der Waals surface area contributed by atoms with Crippen LogP contribution in [0.15, 0.2) is 48.5 Å². The van der Waals surface area contributed by atoms with Gasteiger partial charge in [-0.3, -0.25) is 19.4 Å². The first-order chi connectivity index (χ1) is 14.9. The van der Waals surface area contributed by atoms with E-state index >= 15 is 0 Å². The minimum absolute atomic E-state index is 0.324. The lowest BCUT2D eigenvalue weighted by molar-refractivity contribution is -0.130. The van der Waals surface area contributed by atoms with Gasteiger partial charge in [-0.2, -0.15) is 0 Å². The predicted octanol–water partition coefficient (Wildman–Crippen LogP) is 2.63. The van der Waals surface area contributed by atoms with Gasteiger partial charge in [0.1, 0.15) is 12.6 Å². The molecule has 2 saturated heterocycles. The number of benzene rings is 2. The molecule has 0 aromatic heterocycles. The van der Waals surface area contributed by atoms with Gasteiger partial charge in [-0.15, -0.1) is 0 Å². The van der Waals surface area contributed by atoms with Crippen molar-refractivity contribution < 1.29 is 19.1 Å². The molecule has 2 fully saturated rings. The third-order valence-corrected chi connectivity index (χ3v) is 5.59. The maximum atomic E-state index is 12.9. The molecule has 0 bridgehead atoms. The third-order valence-electron chi connectivity index (χ3n) is 5.59. The van der Waals surface area contributed by atoms with Gasteiger partial charge in [-0.05, 0) is 50.2 Å². The lowest BCUT2D eigenvalue weighted by Gasteiger charge is -2.28. The number of carbonyl (C=O) groups excluding carboxylic acids is 3. The summed E-state index contributed by atoms with van der Waals surface area (Å²) in [5.41, 5.74) is 3.38. The fourth-order valence-electron chi connectivity index (χ4n) is 3.83. The van der Waals surface area contributed by atoms with Gasteiger partial charge in [-0.25, -0.2) is 4.79 Å². The average molecular weight is 422 g/mol. The first-order valence-corrected chi connectivity index (χ1v) is 10.4. The Bertz CT molecular complexity index is 968. The number of hydrogen-bond donors (Lipinski definition) is 1. The highest BCUT2D eigenvalue weighted by atomic mass is 16.5. The number of urea groups is 1. The van der Waals surface area contributed by atoms with Gasteiger partial charge in [0.25, 0.3) is 5.91 Å². The van der Waals surface area contributed by atoms with Gasteiger partial charge in [0.15, 0.2) is 0 Å². The quantitative estimate of drug-likeness (QED) is 0.749. The van der Waals surface area contributed by atoms with E-state index in [1.165, 1.54) is 4.90 Å². The Hall–Kier alpha value is -3.39. The van der Waals surface area contributed by atoms with E-state index in [1.54, 1.807) is 19.1 Å². The lowest BCUT2D eigenvalue weighted by Crippen LogP contribution is -2.39. The number of rotatable bonds is 5. The van der Waals surface area contributed by atoms with E-state index < -0.39 is 18.0 Å². The molecule has 2 aliphatic heterocycles. The van der Waals surface area contributed by atoms with Crippen molar-refractivity contribution in [1.29, 1.82) is 0 Å². The molecule has 2 aromatic rings. The van der Waals surface area contributed by atoms with Crippen LogP contribution in [-0.2, 0) is 14.3 Å². The van der Waals surface area contributed by atoms with Crippen molar-refractivity contribution in [3.05, 3.63) is 54.1 Å². The van der Waals surface area contributed by atoms with Gasteiger partial charge in [-0.1, -0.05) is 17.7 Å². The summed E-state index contributed by atoms with van der Waals surface area (Å²) in [7, 11) is 0. The van der Waals surface area contributed by atoms with E-state index in [1.807, 2.05) is 43.3 Å². The summed E-state index contributed by atoms with van der Waals surface area (Å²) in [6.07, 6.45) is 0. The van der Waals surface area contributed by atoms with Crippen LogP contribution < -0.4 is 15.1 Å². The van der Waals surface area contributed by atoms with Crippen molar-refractivity contribution in [3.8, 4) is 0 Å². The van der Waals surface area contributed by atoms with Gasteiger partial charge >= 0.3 is 6.03 Å². The number of nitrogens with zero attached hydrogens (tertiary/aromatic N) is 3. The lowest BCUT2D eigenvalue weighted by atomic mass is 10.2. The molecule has 1 N–H and O–H groups in total. The number of anilines is 3. The number of nitrogens with one attached hydrogen (secondary N) is 1. The molecule has 0 spiro atoms. The molecule has 8 heteroatoms. The maximum absolute atomic E-state index is 12.9. The van der Waals surface area contributed by atoms with Gasteiger partial charge in [0.05, 0.1) is 13.2 Å². The zero-order chi connectivity index (χ0) is 22.0. The first kappa shape index (κ1) is 20.9. The summed E-state index contributed by atoms with van der Waals surface area (Å²) >= 11 is 0. The van der Waals surface area contributed by atoms with Gasteiger partial charge in [0.2, 0.25) is 5.91 Å². The zero-order valence-electron chi connectivity index (χ0n) is 17.7. The van der Waals surface area contributed by atoms with E-state index in [0.717, 1.165) is 29.2 Å². The standard InChI is InChI=1S/C23H26N4O4/c1-16-3-7-20(8-4-16)27-17(2)22(29)26(23(27)30)15-21(28)24-18-5-9-19(10-6-18)25-11-13-31-14-12-25/h3-10,17H,11-15H2,1-2H3,(H,24,28)/t17-/m1/s1. The van der Waals surface area contributed by atoms with Crippen LogP contribution >= 0.6 is 0 Å². The number of ether oxygens (including phenoxy) is 1. The van der Waals surface area contributed by atoms with Crippen LogP contribution in [0.1, 0.15) is 12.5 Å². The molecule has 2 aliphatic rings. The number of hydrogen-bond acceptors (Lipinski definition) is 5. The average Bonchev–Trinajstić information content (AvgIpc) is 2.99. The van der Waals surface area contributed by atoms with Crippen LogP contribution in [0.5, 0.6) is 0 Å². The number of carbonyl (C=O) groups is 3. The van der Waals surface area contributed by atoms with Crippen molar-refractivity contribution in [2.75, 3.05) is 48.0 Å². The van der Waals surface area contributed by atoms with Crippen molar-refractivity contribution in [2.45, 2.75) is 19.9 Å². The van der Waals surface area contributed by atoms with E-state index in [9.17, 15) is 14.4 Å². The van der Waals surface area contributed by atoms with Crippen molar-refractivity contribution in [2.24, 2.45) is 0 Å². The van der Waals surface area contributed by atoms with E-state index in [4.69, 9.17) is 4.74 Å². The Morgan fingerprint density at radius 1 is 1.00 bits per heavy atom. The molecular formula is C23H26N4O4. The molecule has 31 heavy (non-hydrogen) atoms. The Kier molecular flexibility index (Phi) is 5.90. The van der Waals surface area contributed by atoms with E-state index in [0.29, 0.717) is 24.6 Å². The number of imide groups is 1. The first-order valence-electron chi connectivity index (χ1n) is 10.4. The zero-order valence-corrected chi connectivity index (χ0v) is 17.7. The summed E-state index contributed by atoms with van der Waals surface area (Å²) < 4.78 is 5.36. The van der Waals surface area contributed by atoms with Gasteiger partial charge < -0.3 is 15.0 Å². The molecule has 2 heterocycles. The third kappa shape index (κ3) is 4.39. The minimum atomic E-state index is -0.657. The second kappa shape index (κ2) is 8.77. The van der Waals surface area contributed by atoms with Crippen LogP contribution in [0.3, 0.4) is 0 Å². The normalized spacial score (nSPS) is 19.2. The smallest absolute Gasteiger partial charge is 0.332 e. The van der Waals surface area contributed by atoms with E-state index in [-0.39, 0.29) is 12.5 Å². The summed E-state index contributed by atoms with van der Waals surface area (Å²) in [5, 5.41) is 2.77. The molecule has 0 unspecified atom stereocenters. The van der Waals surface area contributed by atoms with E-state index in [2.05, 4.69) is 10.2 Å². The van der Waals surface area contributed by atoms with Crippen LogP contribution in [-0.4, -0.2) is 61.6 Å². The summed E-state index contributed by atoms with van der Waals surface area (Å²) in [6.45, 7) is 6.37. The fraction of sp³-hybridized carbons (Fsp3) is 0.348. The van der Waals surface area contributed by atoms with Crippen LogP contribution in [0.4, 0.5) is 21.9 Å². The molecule has 0 radical (unpaired) electrons. The molecule has 0 aliphatic carbocycles. The summed E-state index contributed by atoms with van der Waals surface area (Å²) in [5.74, 6) is -0.804. The molecule has 1 atom stereocenters. The molecule has 162 valence electrons. The largest absolute Gasteiger partial charge is 0.378 e. The van der Waals surface area contributed by atoms with Crippen LogP contribution in [0.25, 0.3) is 0 Å². The molecule has 2 aromatic carbocycles. The Morgan fingerprint density at radius 3 is 2.26 bits per heavy atom. The van der Waals surface area contributed by atoms with Gasteiger partial charge in [0, 0.05) is 30.2 Å². The monoisotopic (exact) mass is 422 g/mol. The highest BCUT2D eigenvalue weighted by Crippen LogP contribution is 2.26. The summed E-state index contributed by atoms with van der Waals surface area (Å²) in [6, 6.07) is 13.7. The highest BCUT2D eigenvalue weighted by molar-refractivity contribution is 6.16. The van der Waals surface area contributed by atoms with Crippen LogP contribution in [0.2, 0.25) is 0 Å². The second-order valence-corrected chi connectivity index (χ2v) is 7.78. The number of amides is 4. The fourth-order valence-corrected chi connectivity index (χ4v) is 3.83. The topological polar surface area (TPSA) is 82.2 Å². The highest BCUT2D eigenvalue weighted by Gasteiger charge is 2.44. The Morgan fingerprint density at radius 2 is 1.61 bits per heavy atom. The van der Waals surface area contributed by atoms with Crippen molar-refractivity contribution in [3.63, 3.8) is 0 Å². The molecule has 0 saturated carbocycles. The molecule has 4 rings (SSSR count). The minimum Gasteiger partial charge on any atom is -0.378 e. The predicted molar refractivity (Wildman–Crippen MR) is 118 cm³/mol. The number of aryl methyl sites for hydroxylation is 1. The van der Waals surface area contributed by atoms with Crippen molar-refractivity contribution in [1.82, 2.24) is 4.90 Å². The molecular weight excluding hydrogens is 396 g/mol. The maximum Gasteiger partial charge on any atom is 0.332 e. The Labute approximate surface area is 181 Å². The molecule has 8 nitrogen and oxygen atoms in total. The SMILES string of the molecule is Cc1ccc(N2C(=O)N(CC(=O)Nc3ccc(N4CCOCC4)cc3)C(=O)[C@H]2C)cc1. The van der Waals surface area contributed by atoms with Crippen molar-refractivity contribution >= 4 is 34.9 Å².